The summed E-state index contributed by atoms with van der Waals surface area (Å²) < 4.78 is 18.2. The summed E-state index contributed by atoms with van der Waals surface area (Å²) in [5.41, 5.74) is 0. The molecule has 1 unspecified atom stereocenters. The number of benzene rings is 1. The minimum atomic E-state index is -0.340. The number of aryl methyl sites for hydroxylation is 1. The smallest absolute Gasteiger partial charge is 0.236 e. The highest BCUT2D eigenvalue weighted by molar-refractivity contribution is 7.99. The number of methoxy groups -OCH3 is 1. The highest BCUT2D eigenvalue weighted by Gasteiger charge is 2.22. The molecule has 0 fully saturated rings. The van der Waals surface area contributed by atoms with Gasteiger partial charge in [-0.3, -0.25) is 4.79 Å². The van der Waals surface area contributed by atoms with Crippen LogP contribution in [0.2, 0.25) is 0 Å². The molecule has 1 atom stereocenters. The molecule has 10 heteroatoms. The first-order valence-electron chi connectivity index (χ1n) is 9.49. The fourth-order valence-electron chi connectivity index (χ4n) is 2.82. The molecular formula is C20H25N5O4S. The first-order valence-corrected chi connectivity index (χ1v) is 10.5. The molecule has 0 radical (unpaired) electrons. The van der Waals surface area contributed by atoms with Gasteiger partial charge in [0.2, 0.25) is 5.91 Å². The van der Waals surface area contributed by atoms with E-state index >= 15 is 0 Å². The van der Waals surface area contributed by atoms with Gasteiger partial charge in [-0.15, -0.1) is 10.2 Å². The molecule has 3 aromatic rings. The van der Waals surface area contributed by atoms with E-state index in [1.54, 1.807) is 20.1 Å². The van der Waals surface area contributed by atoms with Crippen molar-refractivity contribution in [2.24, 2.45) is 0 Å². The van der Waals surface area contributed by atoms with E-state index in [-0.39, 0.29) is 23.8 Å². The second kappa shape index (κ2) is 9.66. The van der Waals surface area contributed by atoms with Crippen molar-refractivity contribution in [3.05, 3.63) is 41.9 Å². The minimum absolute atomic E-state index is 0.0927. The molecule has 0 saturated heterocycles. The van der Waals surface area contributed by atoms with Crippen LogP contribution >= 0.6 is 11.8 Å². The van der Waals surface area contributed by atoms with Crippen LogP contribution in [0, 0.1) is 6.92 Å². The number of hydrogen-bond acceptors (Lipinski definition) is 8. The van der Waals surface area contributed by atoms with E-state index in [0.717, 1.165) is 5.75 Å². The highest BCUT2D eigenvalue weighted by Crippen LogP contribution is 2.29. The Bertz CT molecular complexity index is 1000. The van der Waals surface area contributed by atoms with Crippen molar-refractivity contribution in [1.29, 1.82) is 0 Å². The molecule has 0 bridgehead atoms. The summed E-state index contributed by atoms with van der Waals surface area (Å²) in [5.74, 6) is 3.07. The number of hydrogen-bond donors (Lipinski definition) is 1. The van der Waals surface area contributed by atoms with Crippen LogP contribution in [0.5, 0.6) is 11.5 Å². The fraction of sp³-hybridized carbons (Fsp3) is 0.400. The first-order chi connectivity index (χ1) is 14.4. The predicted molar refractivity (Wildman–Crippen MR) is 113 cm³/mol. The van der Waals surface area contributed by atoms with Crippen molar-refractivity contribution in [1.82, 2.24) is 19.9 Å². The Morgan fingerprint density at radius 2 is 2.00 bits per heavy atom. The van der Waals surface area contributed by atoms with E-state index in [2.05, 4.69) is 20.7 Å². The minimum Gasteiger partial charge on any atom is -0.497 e. The average Bonchev–Trinajstić information content (AvgIpc) is 3.32. The number of nitrogens with zero attached hydrogens (tertiary/aromatic N) is 4. The molecule has 0 spiro atoms. The van der Waals surface area contributed by atoms with Crippen molar-refractivity contribution in [3.63, 3.8) is 0 Å². The lowest BCUT2D eigenvalue weighted by atomic mass is 10.3. The highest BCUT2D eigenvalue weighted by atomic mass is 32.2. The molecule has 1 amide bonds. The van der Waals surface area contributed by atoms with Gasteiger partial charge in [-0.25, -0.2) is 0 Å². The van der Waals surface area contributed by atoms with E-state index in [1.165, 1.54) is 11.8 Å². The van der Waals surface area contributed by atoms with Gasteiger partial charge in [-0.1, -0.05) is 23.0 Å². The number of nitrogens with one attached hydrogen (secondary N) is 1. The molecule has 160 valence electrons. The Labute approximate surface area is 179 Å². The monoisotopic (exact) mass is 431 g/mol. The number of amides is 1. The summed E-state index contributed by atoms with van der Waals surface area (Å²) in [4.78, 5) is 12.2. The van der Waals surface area contributed by atoms with Crippen molar-refractivity contribution >= 4 is 23.5 Å². The summed E-state index contributed by atoms with van der Waals surface area (Å²) in [6.45, 7) is 7.75. The molecule has 2 heterocycles. The lowest BCUT2D eigenvalue weighted by Crippen LogP contribution is -2.16. The number of ether oxygens (including phenoxy) is 2. The third-order valence-electron chi connectivity index (χ3n) is 4.15. The number of carbonyl (C=O) groups excluding carboxylic acids is 1. The average molecular weight is 432 g/mol. The van der Waals surface area contributed by atoms with Gasteiger partial charge >= 0.3 is 0 Å². The normalized spacial score (nSPS) is 12.1. The van der Waals surface area contributed by atoms with Crippen LogP contribution in [-0.4, -0.2) is 38.7 Å². The van der Waals surface area contributed by atoms with Crippen LogP contribution in [-0.2, 0) is 4.79 Å². The molecule has 0 saturated carbocycles. The number of rotatable bonds is 9. The molecule has 0 aliphatic heterocycles. The lowest BCUT2D eigenvalue weighted by molar-refractivity contribution is -0.113. The maximum atomic E-state index is 12.2. The first kappa shape index (κ1) is 21.7. The van der Waals surface area contributed by atoms with Crippen molar-refractivity contribution in [2.75, 3.05) is 18.2 Å². The van der Waals surface area contributed by atoms with Gasteiger partial charge in [0.25, 0.3) is 0 Å². The van der Waals surface area contributed by atoms with E-state index in [4.69, 9.17) is 14.0 Å². The molecule has 1 N–H and O–H groups in total. The molecule has 0 aliphatic carbocycles. The van der Waals surface area contributed by atoms with Crippen molar-refractivity contribution in [3.8, 4) is 11.5 Å². The Kier molecular flexibility index (Phi) is 6.99. The van der Waals surface area contributed by atoms with Gasteiger partial charge < -0.3 is 23.9 Å². The van der Waals surface area contributed by atoms with E-state index < -0.39 is 0 Å². The summed E-state index contributed by atoms with van der Waals surface area (Å²) in [5, 5.41) is 15.7. The van der Waals surface area contributed by atoms with Crippen LogP contribution in [0.15, 0.2) is 40.0 Å². The summed E-state index contributed by atoms with van der Waals surface area (Å²) in [6, 6.07) is 9.15. The number of aromatic nitrogens is 4. The van der Waals surface area contributed by atoms with Crippen molar-refractivity contribution in [2.45, 2.75) is 45.0 Å². The van der Waals surface area contributed by atoms with Crippen LogP contribution in [0.25, 0.3) is 0 Å². The summed E-state index contributed by atoms with van der Waals surface area (Å²) in [7, 11) is 1.61. The number of thioether (sulfide) groups is 1. The standard InChI is InChI=1S/C20H25N5O4S/c1-12(2)25-19(14(4)28-16-8-6-7-15(10-16)27-5)22-23-20(25)30-11-18(26)21-17-9-13(3)29-24-17/h6-10,12,14H,11H2,1-5H3,(H,21,24,26). The van der Waals surface area contributed by atoms with Gasteiger partial charge in [0.15, 0.2) is 22.9 Å². The Hall–Kier alpha value is -3.01. The topological polar surface area (TPSA) is 104 Å². The summed E-state index contributed by atoms with van der Waals surface area (Å²) >= 11 is 1.30. The molecule has 2 aromatic heterocycles. The van der Waals surface area contributed by atoms with Crippen LogP contribution in [0.1, 0.15) is 44.5 Å². The SMILES string of the molecule is COc1cccc(OC(C)c2nnc(SCC(=O)Nc3cc(C)on3)n2C(C)C)c1. The maximum absolute atomic E-state index is 12.2. The zero-order valence-electron chi connectivity index (χ0n) is 17.6. The molecule has 3 rings (SSSR count). The third-order valence-corrected chi connectivity index (χ3v) is 5.10. The van der Waals surface area contributed by atoms with E-state index in [0.29, 0.717) is 28.3 Å². The van der Waals surface area contributed by atoms with Gasteiger partial charge in [0, 0.05) is 18.2 Å². The Morgan fingerprint density at radius 3 is 2.67 bits per heavy atom. The quantitative estimate of drug-likeness (QED) is 0.506. The van der Waals surface area contributed by atoms with Gasteiger partial charge in [0.05, 0.1) is 12.9 Å². The van der Waals surface area contributed by atoms with Gasteiger partial charge in [-0.2, -0.15) is 0 Å². The number of anilines is 1. The molecule has 30 heavy (non-hydrogen) atoms. The zero-order valence-corrected chi connectivity index (χ0v) is 18.4. The molecular weight excluding hydrogens is 406 g/mol. The van der Waals surface area contributed by atoms with Crippen LogP contribution in [0.4, 0.5) is 5.82 Å². The third kappa shape index (κ3) is 5.32. The summed E-state index contributed by atoms with van der Waals surface area (Å²) in [6.07, 6.45) is -0.340. The fourth-order valence-corrected chi connectivity index (χ4v) is 3.69. The number of carbonyl (C=O) groups is 1. The Balaban J connectivity index is 1.68. The Morgan fingerprint density at radius 1 is 1.23 bits per heavy atom. The van der Waals surface area contributed by atoms with Gasteiger partial charge in [0.1, 0.15) is 17.3 Å². The maximum Gasteiger partial charge on any atom is 0.236 e. The molecule has 0 aliphatic rings. The molecule has 1 aromatic carbocycles. The van der Waals surface area contributed by atoms with E-state index in [9.17, 15) is 4.79 Å². The van der Waals surface area contributed by atoms with Gasteiger partial charge in [-0.05, 0) is 39.8 Å². The second-order valence-electron chi connectivity index (χ2n) is 6.90. The van der Waals surface area contributed by atoms with Crippen LogP contribution < -0.4 is 14.8 Å². The second-order valence-corrected chi connectivity index (χ2v) is 7.85. The molecule has 9 nitrogen and oxygen atoms in total. The van der Waals surface area contributed by atoms with Crippen LogP contribution in [0.3, 0.4) is 0 Å². The zero-order chi connectivity index (χ0) is 21.7. The van der Waals surface area contributed by atoms with E-state index in [1.807, 2.05) is 49.6 Å². The van der Waals surface area contributed by atoms with Crippen molar-refractivity contribution < 1.29 is 18.8 Å². The lowest BCUT2D eigenvalue weighted by Gasteiger charge is -2.19. The predicted octanol–water partition coefficient (Wildman–Crippen LogP) is 4.03. The largest absolute Gasteiger partial charge is 0.497 e.